The quantitative estimate of drug-likeness (QED) is 0.888. The van der Waals surface area contributed by atoms with E-state index in [0.717, 1.165) is 24.2 Å². The van der Waals surface area contributed by atoms with Crippen molar-refractivity contribution in [2.45, 2.75) is 38.1 Å². The largest absolute Gasteiger partial charge is 0.493 e. The summed E-state index contributed by atoms with van der Waals surface area (Å²) in [4.78, 5) is 23.5. The summed E-state index contributed by atoms with van der Waals surface area (Å²) in [5, 5.41) is 12.8. The minimum absolute atomic E-state index is 0.0541. The Hall–Kier alpha value is -1.75. The third-order valence-corrected chi connectivity index (χ3v) is 4.95. The van der Waals surface area contributed by atoms with Crippen molar-refractivity contribution >= 4 is 23.5 Å². The minimum Gasteiger partial charge on any atom is -0.493 e. The van der Waals surface area contributed by atoms with Gasteiger partial charge in [-0.3, -0.25) is 9.59 Å². The lowest BCUT2D eigenvalue weighted by Gasteiger charge is -2.21. The van der Waals surface area contributed by atoms with E-state index in [1.807, 2.05) is 6.07 Å². The molecule has 1 aromatic rings. The van der Waals surface area contributed by atoms with E-state index in [2.05, 4.69) is 5.32 Å². The number of carbonyl (C=O) groups is 2. The van der Waals surface area contributed by atoms with Crippen LogP contribution in [0.3, 0.4) is 0 Å². The zero-order valence-corrected chi connectivity index (χ0v) is 13.5. The van der Waals surface area contributed by atoms with Gasteiger partial charge in [-0.25, -0.2) is 0 Å². The summed E-state index contributed by atoms with van der Waals surface area (Å²) >= 11 is 6.01. The van der Waals surface area contributed by atoms with Crippen molar-refractivity contribution in [3.8, 4) is 5.75 Å². The molecule has 3 atom stereocenters. The number of carboxylic acid groups (broad SMARTS) is 1. The maximum absolute atomic E-state index is 12.5. The minimum atomic E-state index is -0.803. The molecule has 23 heavy (non-hydrogen) atoms. The van der Waals surface area contributed by atoms with Gasteiger partial charge in [-0.2, -0.15) is 0 Å². The molecule has 124 valence electrons. The van der Waals surface area contributed by atoms with Gasteiger partial charge in [0.2, 0.25) is 5.91 Å². The van der Waals surface area contributed by atoms with Gasteiger partial charge >= 0.3 is 5.97 Å². The van der Waals surface area contributed by atoms with Gasteiger partial charge in [0.25, 0.3) is 0 Å². The summed E-state index contributed by atoms with van der Waals surface area (Å²) in [6.45, 7) is 0.601. The third-order valence-electron chi connectivity index (χ3n) is 4.71. The average molecular weight is 338 g/mol. The summed E-state index contributed by atoms with van der Waals surface area (Å²) in [6, 6.07) is 5.35. The van der Waals surface area contributed by atoms with Crippen molar-refractivity contribution in [3.63, 3.8) is 0 Å². The van der Waals surface area contributed by atoms with Crippen molar-refractivity contribution in [2.24, 2.45) is 11.8 Å². The smallest absolute Gasteiger partial charge is 0.306 e. The van der Waals surface area contributed by atoms with Crippen molar-refractivity contribution in [2.75, 3.05) is 6.61 Å². The van der Waals surface area contributed by atoms with Crippen molar-refractivity contribution < 1.29 is 19.4 Å². The number of fused-ring (bicyclic) bond motifs is 1. The van der Waals surface area contributed by atoms with Crippen molar-refractivity contribution in [3.05, 3.63) is 28.8 Å². The first-order valence-electron chi connectivity index (χ1n) is 8.00. The predicted molar refractivity (Wildman–Crippen MR) is 85.5 cm³/mol. The van der Waals surface area contributed by atoms with Gasteiger partial charge in [0, 0.05) is 16.5 Å². The Morgan fingerprint density at radius 3 is 2.74 bits per heavy atom. The molecule has 0 saturated heterocycles. The summed E-state index contributed by atoms with van der Waals surface area (Å²) in [7, 11) is 0. The highest BCUT2D eigenvalue weighted by molar-refractivity contribution is 6.30. The fourth-order valence-corrected chi connectivity index (χ4v) is 3.59. The van der Waals surface area contributed by atoms with E-state index in [1.165, 1.54) is 0 Å². The first kappa shape index (κ1) is 16.1. The van der Waals surface area contributed by atoms with E-state index in [4.69, 9.17) is 21.4 Å². The van der Waals surface area contributed by atoms with Crippen LogP contribution in [0.25, 0.3) is 0 Å². The number of rotatable bonds is 3. The maximum Gasteiger partial charge on any atom is 0.306 e. The molecule has 1 unspecified atom stereocenters. The van der Waals surface area contributed by atoms with Gasteiger partial charge in [0.15, 0.2) is 0 Å². The summed E-state index contributed by atoms with van der Waals surface area (Å²) in [5.74, 6) is -0.745. The molecular formula is C17H20ClNO4. The van der Waals surface area contributed by atoms with E-state index in [9.17, 15) is 9.59 Å². The fourth-order valence-electron chi connectivity index (χ4n) is 3.43. The lowest BCUT2D eigenvalue weighted by atomic mass is 9.99. The molecule has 2 N–H and O–H groups in total. The van der Waals surface area contributed by atoms with E-state index < -0.39 is 11.9 Å². The van der Waals surface area contributed by atoms with Crippen molar-refractivity contribution in [1.29, 1.82) is 0 Å². The zero-order chi connectivity index (χ0) is 16.4. The second-order valence-electron chi connectivity index (χ2n) is 6.28. The van der Waals surface area contributed by atoms with Crippen LogP contribution in [0.4, 0.5) is 0 Å². The first-order valence-corrected chi connectivity index (χ1v) is 8.38. The van der Waals surface area contributed by atoms with E-state index >= 15 is 0 Å². The predicted octanol–water partition coefficient (Wildman–Crippen LogP) is 3.17. The lowest BCUT2D eigenvalue weighted by molar-refractivity contribution is -0.141. The van der Waals surface area contributed by atoms with Gasteiger partial charge in [-0.15, -0.1) is 0 Å². The summed E-state index contributed by atoms with van der Waals surface area (Å²) < 4.78 is 5.70. The standard InChI is InChI=1S/C17H20ClNO4/c18-12-5-6-13-14(2-1-7-23-15(13)9-12)19-16(20)10-3-4-11(8-10)17(21)22/h5-6,9-11,14H,1-4,7-8H2,(H,19,20)(H,21,22)/t10-,11+,14?/m0/s1. The second-order valence-corrected chi connectivity index (χ2v) is 6.72. The summed E-state index contributed by atoms with van der Waals surface area (Å²) in [6.07, 6.45) is 3.29. The number of halogens is 1. The molecule has 6 heteroatoms. The highest BCUT2D eigenvalue weighted by Gasteiger charge is 2.35. The first-order chi connectivity index (χ1) is 11.0. The number of hydrogen-bond acceptors (Lipinski definition) is 3. The highest BCUT2D eigenvalue weighted by Crippen LogP contribution is 2.35. The van der Waals surface area contributed by atoms with Crippen LogP contribution >= 0.6 is 11.6 Å². The molecule has 0 aromatic heterocycles. The number of ether oxygens (including phenoxy) is 1. The van der Waals surface area contributed by atoms with Crippen LogP contribution in [-0.4, -0.2) is 23.6 Å². The van der Waals surface area contributed by atoms with Crippen molar-refractivity contribution in [1.82, 2.24) is 5.32 Å². The van der Waals surface area contributed by atoms with E-state index in [-0.39, 0.29) is 17.9 Å². The van der Waals surface area contributed by atoms with Gasteiger partial charge in [-0.05, 0) is 44.2 Å². The molecule has 2 aliphatic rings. The Bertz CT molecular complexity index is 619. The van der Waals surface area contributed by atoms with E-state index in [1.54, 1.807) is 12.1 Å². The van der Waals surface area contributed by atoms with Gasteiger partial charge in [-0.1, -0.05) is 17.7 Å². The molecule has 1 amide bonds. The van der Waals surface area contributed by atoms with Crippen LogP contribution in [0.15, 0.2) is 18.2 Å². The second kappa shape index (κ2) is 6.79. The Morgan fingerprint density at radius 1 is 1.22 bits per heavy atom. The highest BCUT2D eigenvalue weighted by atomic mass is 35.5. The molecule has 5 nitrogen and oxygen atoms in total. The number of benzene rings is 1. The topological polar surface area (TPSA) is 75.6 Å². The summed E-state index contributed by atoms with van der Waals surface area (Å²) in [5.41, 5.74) is 0.938. The Morgan fingerprint density at radius 2 is 2.00 bits per heavy atom. The molecule has 3 rings (SSSR count). The number of hydrogen-bond donors (Lipinski definition) is 2. The number of carbonyl (C=O) groups excluding carboxylic acids is 1. The SMILES string of the molecule is O=C(O)[C@@H]1CC[C@H](C(=O)NC2CCCOc3cc(Cl)ccc32)C1. The number of aliphatic carboxylic acids is 1. The van der Waals surface area contributed by atoms with Crippen LogP contribution in [-0.2, 0) is 9.59 Å². The molecular weight excluding hydrogens is 318 g/mol. The Kier molecular flexibility index (Phi) is 4.76. The van der Waals surface area contributed by atoms with Gasteiger partial charge < -0.3 is 15.2 Å². The molecule has 1 aliphatic carbocycles. The number of carboxylic acids is 1. The molecule has 0 radical (unpaired) electrons. The fraction of sp³-hybridized carbons (Fsp3) is 0.529. The van der Waals surface area contributed by atoms with Crippen LogP contribution in [0.1, 0.15) is 43.7 Å². The molecule has 0 bridgehead atoms. The molecule has 1 aliphatic heterocycles. The Labute approximate surface area is 140 Å². The van der Waals surface area contributed by atoms with Crippen LogP contribution in [0.5, 0.6) is 5.75 Å². The zero-order valence-electron chi connectivity index (χ0n) is 12.8. The number of nitrogens with one attached hydrogen (secondary N) is 1. The Balaban J connectivity index is 1.70. The van der Waals surface area contributed by atoms with Crippen LogP contribution in [0.2, 0.25) is 5.02 Å². The van der Waals surface area contributed by atoms with Crippen LogP contribution < -0.4 is 10.1 Å². The van der Waals surface area contributed by atoms with Gasteiger partial charge in [0.05, 0.1) is 18.6 Å². The molecule has 1 heterocycles. The van der Waals surface area contributed by atoms with E-state index in [0.29, 0.717) is 30.9 Å². The number of amides is 1. The lowest BCUT2D eigenvalue weighted by Crippen LogP contribution is -2.33. The normalized spacial score (nSPS) is 26.7. The molecule has 1 saturated carbocycles. The average Bonchev–Trinajstić information content (AvgIpc) is 2.93. The molecule has 0 spiro atoms. The third kappa shape index (κ3) is 3.61. The molecule has 1 fully saturated rings. The van der Waals surface area contributed by atoms with Gasteiger partial charge in [0.1, 0.15) is 5.75 Å². The van der Waals surface area contributed by atoms with Crippen LogP contribution in [0, 0.1) is 11.8 Å². The molecule has 1 aromatic carbocycles. The monoisotopic (exact) mass is 337 g/mol. The maximum atomic E-state index is 12.5.